The molecule has 5 nitrogen and oxygen atoms in total. The fraction of sp³-hybridized carbons (Fsp3) is 0. The van der Waals surface area contributed by atoms with Gasteiger partial charge in [-0.05, 0) is 0 Å². The van der Waals surface area contributed by atoms with Gasteiger partial charge in [-0.2, -0.15) is 18.3 Å². The Morgan fingerprint density at radius 3 is 1.12 bits per heavy atom. The maximum atomic E-state index is 8.74. The van der Waals surface area contributed by atoms with Gasteiger partial charge in [0.2, 0.25) is 0 Å². The second-order valence-electron chi connectivity index (χ2n) is 0.448. The highest BCUT2D eigenvalue weighted by Gasteiger charge is 1.84. The highest BCUT2D eigenvalue weighted by Crippen LogP contribution is 1.59. The van der Waals surface area contributed by atoms with E-state index >= 15 is 0 Å². The third-order valence-corrected chi connectivity index (χ3v) is 0. The van der Waals surface area contributed by atoms with Crippen molar-refractivity contribution in [2.45, 2.75) is 0 Å². The van der Waals surface area contributed by atoms with E-state index in [0.717, 1.165) is 0 Å². The summed E-state index contributed by atoms with van der Waals surface area (Å²) in [6.45, 7) is 0. The van der Waals surface area contributed by atoms with Gasteiger partial charge in [0.05, 0.1) is 0 Å². The first-order chi connectivity index (χ1) is 3.00. The predicted molar refractivity (Wildman–Crippen MR) is 36.0 cm³/mol. The highest BCUT2D eigenvalue weighted by molar-refractivity contribution is 7.79. The monoisotopic (exact) mass is 178 g/mol. The lowest BCUT2D eigenvalue weighted by atomic mass is 15.8. The van der Waals surface area contributed by atoms with Crippen LogP contribution in [0.3, 0.4) is 0 Å². The molecule has 0 rings (SSSR count). The Balaban J connectivity index is -0.0000000750. The fourth-order valence-electron chi connectivity index (χ4n) is 0. The Bertz CT molecular complexity index is 95.6. The number of hydrogen-bond acceptors (Lipinski definition) is 3. The first-order valence-corrected chi connectivity index (χ1v) is 3.44. The van der Waals surface area contributed by atoms with E-state index in [2.05, 4.69) is 0 Å². The average molecular weight is 178 g/mol. The van der Waals surface area contributed by atoms with Crippen LogP contribution in [0.2, 0.25) is 0 Å². The Kier molecular flexibility index (Phi) is 15.5. The summed E-state index contributed by atoms with van der Waals surface area (Å²) in [5.41, 5.74) is 0. The van der Waals surface area contributed by atoms with E-state index in [-0.39, 0.29) is 9.90 Å². The van der Waals surface area contributed by atoms with Crippen LogP contribution in [0, 0.1) is 0 Å². The zero-order valence-corrected chi connectivity index (χ0v) is 8.50. The van der Waals surface area contributed by atoms with Crippen molar-refractivity contribution in [2.75, 3.05) is 0 Å². The summed E-state index contributed by atoms with van der Waals surface area (Å²) in [4.78, 5) is 0. The quantitative estimate of drug-likeness (QED) is 0.225. The van der Waals surface area contributed by atoms with E-state index in [0.29, 0.717) is 16.6 Å². The molecule has 1 unspecified atom stereocenters. The number of rotatable bonds is 0. The molecule has 0 radical (unpaired) electrons. The van der Waals surface area contributed by atoms with Crippen molar-refractivity contribution in [3.8, 4) is 0 Å². The molecule has 0 amide bonds. The second-order valence-corrected chi connectivity index (χ2v) is 1.34. The molecule has 0 saturated heterocycles. The molecule has 0 aliphatic rings. The van der Waals surface area contributed by atoms with Crippen LogP contribution in [-0.4, -0.2) is 38.3 Å². The minimum Gasteiger partial charge on any atom is -0.521 e. The molecule has 8 heavy (non-hydrogen) atoms. The zero-order chi connectivity index (χ0) is 6.50. The van der Waals surface area contributed by atoms with Crippen molar-refractivity contribution < 1.29 is 21.7 Å². The summed E-state index contributed by atoms with van der Waals surface area (Å²) in [7, 11) is -4.67. The zero-order valence-electron chi connectivity index (χ0n) is 4.27. The molecular formula is H8AlO5PS. The Hall–Kier alpha value is 0.792. The molecular weight excluding hydrogens is 170 g/mol. The van der Waals surface area contributed by atoms with Crippen LogP contribution in [0.5, 0.6) is 0 Å². The molecule has 0 aromatic carbocycles. The highest BCUT2D eigenvalue weighted by atomic mass is 32.3. The molecule has 0 aromatic rings. The largest absolute Gasteiger partial charge is 0.521 e. The third-order valence-electron chi connectivity index (χ3n) is 0. The van der Waals surface area contributed by atoms with Gasteiger partial charge in [-0.3, -0.25) is 9.11 Å². The second kappa shape index (κ2) is 7.79. The SMILES string of the molecule is O=S(=O)(O)O.P.[OH][AlH2]. The summed E-state index contributed by atoms with van der Waals surface area (Å²) in [5, 5.41) is 0. The lowest BCUT2D eigenvalue weighted by Crippen LogP contribution is -1.89. The third kappa shape index (κ3) is 363. The molecule has 0 spiro atoms. The Morgan fingerprint density at radius 1 is 1.12 bits per heavy atom. The average Bonchev–Trinajstić information content (AvgIpc) is 1.36. The van der Waals surface area contributed by atoms with Gasteiger partial charge in [-0.1, -0.05) is 0 Å². The van der Waals surface area contributed by atoms with E-state index in [1.807, 2.05) is 0 Å². The summed E-state index contributed by atoms with van der Waals surface area (Å²) >= 11 is 0.306. The minimum atomic E-state index is -4.67. The first-order valence-electron chi connectivity index (χ1n) is 1.15. The summed E-state index contributed by atoms with van der Waals surface area (Å²) in [5.74, 6) is 0. The van der Waals surface area contributed by atoms with Gasteiger partial charge >= 0.3 is 27.0 Å². The fourth-order valence-corrected chi connectivity index (χ4v) is 0. The molecule has 0 bridgehead atoms. The normalized spacial score (nSPS) is 7.88. The molecule has 0 saturated carbocycles. The van der Waals surface area contributed by atoms with Crippen LogP contribution in [0.1, 0.15) is 0 Å². The van der Waals surface area contributed by atoms with Crippen molar-refractivity contribution in [1.29, 1.82) is 0 Å². The molecule has 3 N–H and O–H groups in total. The van der Waals surface area contributed by atoms with E-state index in [1.165, 1.54) is 0 Å². The van der Waals surface area contributed by atoms with Crippen molar-refractivity contribution in [1.82, 2.24) is 0 Å². The van der Waals surface area contributed by atoms with Gasteiger partial charge in [-0.25, -0.2) is 0 Å². The summed E-state index contributed by atoms with van der Waals surface area (Å²) in [6.07, 6.45) is 0. The summed E-state index contributed by atoms with van der Waals surface area (Å²) in [6, 6.07) is 0. The van der Waals surface area contributed by atoms with Gasteiger partial charge in [0.15, 0.2) is 0 Å². The standard InChI is InChI=1S/Al.H2O4S.H2O.H3P.2H/c;1-5(2,3)4;;;;/h;(H2,1,2,3,4);1H2;1H3;;/q+1;;;;;/p-1. The van der Waals surface area contributed by atoms with Crippen molar-refractivity contribution in [2.24, 2.45) is 0 Å². The molecule has 0 aliphatic carbocycles. The number of hydrogen-bond donors (Lipinski definition) is 3. The molecule has 8 heteroatoms. The van der Waals surface area contributed by atoms with Crippen molar-refractivity contribution in [3.63, 3.8) is 0 Å². The molecule has 0 fully saturated rings. The lowest BCUT2D eigenvalue weighted by Gasteiger charge is -1.68. The smallest absolute Gasteiger partial charge is 0.407 e. The molecule has 1 atom stereocenters. The Labute approximate surface area is 59.1 Å². The molecule has 0 heterocycles. The first kappa shape index (κ1) is 15.9. The van der Waals surface area contributed by atoms with Crippen LogP contribution in [0.25, 0.3) is 0 Å². The molecule has 0 aliphatic heterocycles. The minimum absolute atomic E-state index is 0. The van der Waals surface area contributed by atoms with Crippen LogP contribution in [-0.2, 0) is 10.4 Å². The predicted octanol–water partition coefficient (Wildman–Crippen LogP) is -2.07. The van der Waals surface area contributed by atoms with Crippen LogP contribution < -0.4 is 0 Å². The summed E-state index contributed by atoms with van der Waals surface area (Å²) < 4.78 is 38.7. The molecule has 0 aromatic heterocycles. The van der Waals surface area contributed by atoms with Gasteiger partial charge < -0.3 is 4.16 Å². The van der Waals surface area contributed by atoms with Gasteiger partial charge in [0.25, 0.3) is 0 Å². The van der Waals surface area contributed by atoms with E-state index in [9.17, 15) is 0 Å². The van der Waals surface area contributed by atoms with Crippen LogP contribution in [0.4, 0.5) is 0 Å². The lowest BCUT2D eigenvalue weighted by molar-refractivity contribution is 0.381. The van der Waals surface area contributed by atoms with Crippen LogP contribution in [0.15, 0.2) is 0 Å². The van der Waals surface area contributed by atoms with Gasteiger partial charge in [0.1, 0.15) is 0 Å². The van der Waals surface area contributed by atoms with Crippen molar-refractivity contribution >= 4 is 36.9 Å². The van der Waals surface area contributed by atoms with Crippen molar-refractivity contribution in [3.05, 3.63) is 0 Å². The van der Waals surface area contributed by atoms with Gasteiger partial charge in [0, 0.05) is 0 Å². The van der Waals surface area contributed by atoms with Crippen LogP contribution >= 0.6 is 9.90 Å². The maximum Gasteiger partial charge on any atom is 0.407 e. The van der Waals surface area contributed by atoms with E-state index in [4.69, 9.17) is 21.7 Å². The maximum absolute atomic E-state index is 8.74. The van der Waals surface area contributed by atoms with Gasteiger partial charge in [-0.15, -0.1) is 0 Å². The molecule has 52 valence electrons. The Morgan fingerprint density at radius 2 is 1.12 bits per heavy atom. The topological polar surface area (TPSA) is 94.8 Å². The van der Waals surface area contributed by atoms with E-state index in [1.54, 1.807) is 0 Å². The van der Waals surface area contributed by atoms with E-state index < -0.39 is 10.4 Å².